The van der Waals surface area contributed by atoms with Crippen LogP contribution in [0.2, 0.25) is 0 Å². The van der Waals surface area contributed by atoms with Gasteiger partial charge in [0.1, 0.15) is 23.4 Å². The standard InChI is InChI=1S/C11H11N7O2S/c12-11-10(5-14-16-11)21(19,20)17-8-1-3-9(4-2-8)18-7-13-6-15-18/h1-7,17H,(H3,12,14,16). The number of nitrogens with two attached hydrogens (primary N) is 1. The highest BCUT2D eigenvalue weighted by Gasteiger charge is 2.19. The molecule has 1 aromatic carbocycles. The highest BCUT2D eigenvalue weighted by atomic mass is 32.2. The summed E-state index contributed by atoms with van der Waals surface area (Å²) in [5.41, 5.74) is 6.68. The van der Waals surface area contributed by atoms with Gasteiger partial charge in [-0.25, -0.2) is 18.1 Å². The second kappa shape index (κ2) is 4.90. The molecule has 0 aliphatic carbocycles. The molecule has 0 fully saturated rings. The molecule has 0 bridgehead atoms. The predicted molar refractivity (Wildman–Crippen MR) is 75.2 cm³/mol. The zero-order chi connectivity index (χ0) is 14.9. The quantitative estimate of drug-likeness (QED) is 0.638. The SMILES string of the molecule is Nc1[nH]ncc1S(=O)(=O)Nc1ccc(-n2cncn2)cc1. The van der Waals surface area contributed by atoms with Crippen molar-refractivity contribution in [1.82, 2.24) is 25.0 Å². The van der Waals surface area contributed by atoms with Crippen molar-refractivity contribution in [1.29, 1.82) is 0 Å². The van der Waals surface area contributed by atoms with Gasteiger partial charge in [-0.3, -0.25) is 9.82 Å². The van der Waals surface area contributed by atoms with Crippen molar-refractivity contribution < 1.29 is 8.42 Å². The van der Waals surface area contributed by atoms with Crippen molar-refractivity contribution in [2.45, 2.75) is 4.90 Å². The van der Waals surface area contributed by atoms with Crippen molar-refractivity contribution in [3.05, 3.63) is 43.1 Å². The van der Waals surface area contributed by atoms with Gasteiger partial charge in [0, 0.05) is 5.69 Å². The second-order valence-corrected chi connectivity index (χ2v) is 5.79. The van der Waals surface area contributed by atoms with E-state index >= 15 is 0 Å². The van der Waals surface area contributed by atoms with E-state index in [1.807, 2.05) is 0 Å². The number of aromatic amines is 1. The van der Waals surface area contributed by atoms with Crippen LogP contribution >= 0.6 is 0 Å². The van der Waals surface area contributed by atoms with Crippen LogP contribution in [-0.2, 0) is 10.0 Å². The Kier molecular flexibility index (Phi) is 3.06. The molecule has 0 saturated heterocycles. The largest absolute Gasteiger partial charge is 0.383 e. The Balaban J connectivity index is 1.84. The molecule has 0 unspecified atom stereocenters. The van der Waals surface area contributed by atoms with Crippen molar-refractivity contribution >= 4 is 21.5 Å². The summed E-state index contributed by atoms with van der Waals surface area (Å²) in [6.45, 7) is 0. The third-order valence-corrected chi connectivity index (χ3v) is 4.13. The van der Waals surface area contributed by atoms with Gasteiger partial charge < -0.3 is 5.73 Å². The highest BCUT2D eigenvalue weighted by Crippen LogP contribution is 2.20. The Bertz CT molecular complexity index is 837. The lowest BCUT2D eigenvalue weighted by atomic mass is 10.3. The fourth-order valence-corrected chi connectivity index (χ4v) is 2.82. The van der Waals surface area contributed by atoms with Crippen molar-refractivity contribution in [2.75, 3.05) is 10.5 Å². The number of H-pyrrole nitrogens is 1. The highest BCUT2D eigenvalue weighted by molar-refractivity contribution is 7.92. The van der Waals surface area contributed by atoms with E-state index in [1.165, 1.54) is 6.33 Å². The maximum absolute atomic E-state index is 12.1. The molecule has 3 aromatic rings. The van der Waals surface area contributed by atoms with Gasteiger partial charge in [0.25, 0.3) is 10.0 Å². The smallest absolute Gasteiger partial charge is 0.267 e. The molecule has 9 nitrogen and oxygen atoms in total. The summed E-state index contributed by atoms with van der Waals surface area (Å²) in [6.07, 6.45) is 4.12. The van der Waals surface area contributed by atoms with Crippen molar-refractivity contribution in [2.24, 2.45) is 0 Å². The van der Waals surface area contributed by atoms with Crippen molar-refractivity contribution in [3.63, 3.8) is 0 Å². The van der Waals surface area contributed by atoms with E-state index in [-0.39, 0.29) is 10.7 Å². The van der Waals surface area contributed by atoms with E-state index in [1.54, 1.807) is 35.3 Å². The van der Waals surface area contributed by atoms with Crippen LogP contribution in [0.1, 0.15) is 0 Å². The van der Waals surface area contributed by atoms with Crippen LogP contribution in [0.5, 0.6) is 0 Å². The number of aromatic nitrogens is 5. The Morgan fingerprint density at radius 2 is 2.00 bits per heavy atom. The van der Waals surface area contributed by atoms with Crippen LogP contribution < -0.4 is 10.5 Å². The molecule has 4 N–H and O–H groups in total. The normalized spacial score (nSPS) is 11.4. The maximum Gasteiger partial charge on any atom is 0.267 e. The molecule has 0 aliphatic heterocycles. The Morgan fingerprint density at radius 1 is 1.24 bits per heavy atom. The van der Waals surface area contributed by atoms with Crippen LogP contribution in [0.4, 0.5) is 11.5 Å². The number of anilines is 2. The number of nitrogens with one attached hydrogen (secondary N) is 2. The minimum Gasteiger partial charge on any atom is -0.383 e. The molecule has 2 heterocycles. The van der Waals surface area contributed by atoms with Gasteiger partial charge >= 0.3 is 0 Å². The summed E-state index contributed by atoms with van der Waals surface area (Å²) in [7, 11) is -3.77. The van der Waals surface area contributed by atoms with Crippen LogP contribution in [0.15, 0.2) is 48.0 Å². The molecule has 0 aliphatic rings. The van der Waals surface area contributed by atoms with Gasteiger partial charge in [-0.2, -0.15) is 10.2 Å². The van der Waals surface area contributed by atoms with Gasteiger partial charge in [0.15, 0.2) is 0 Å². The molecular formula is C11H11N7O2S. The molecule has 0 saturated carbocycles. The summed E-state index contributed by atoms with van der Waals surface area (Å²) in [6, 6.07) is 6.66. The summed E-state index contributed by atoms with van der Waals surface area (Å²) in [5, 5.41) is 9.95. The Morgan fingerprint density at radius 3 is 2.57 bits per heavy atom. The predicted octanol–water partition coefficient (Wildman–Crippen LogP) is 0.373. The summed E-state index contributed by atoms with van der Waals surface area (Å²) in [4.78, 5) is 3.75. The van der Waals surface area contributed by atoms with Crippen LogP contribution in [0.25, 0.3) is 5.69 Å². The number of hydrogen-bond donors (Lipinski definition) is 3. The van der Waals surface area contributed by atoms with Gasteiger partial charge in [-0.1, -0.05) is 0 Å². The number of sulfonamides is 1. The van der Waals surface area contributed by atoms with Gasteiger partial charge in [-0.05, 0) is 24.3 Å². The lowest BCUT2D eigenvalue weighted by molar-refractivity contribution is 0.601. The first-order chi connectivity index (χ1) is 10.1. The zero-order valence-electron chi connectivity index (χ0n) is 10.6. The fraction of sp³-hybridized carbons (Fsp3) is 0. The number of nitrogen functional groups attached to an aromatic ring is 1. The lowest BCUT2D eigenvalue weighted by Gasteiger charge is -2.07. The van der Waals surface area contributed by atoms with Crippen LogP contribution in [-0.4, -0.2) is 33.4 Å². The van der Waals surface area contributed by atoms with Crippen molar-refractivity contribution in [3.8, 4) is 5.69 Å². The second-order valence-electron chi connectivity index (χ2n) is 4.14. The van der Waals surface area contributed by atoms with Gasteiger partial charge in [0.2, 0.25) is 0 Å². The van der Waals surface area contributed by atoms with Gasteiger partial charge in [-0.15, -0.1) is 0 Å². The molecule has 0 amide bonds. The van der Waals surface area contributed by atoms with E-state index in [0.717, 1.165) is 11.9 Å². The molecule has 3 rings (SSSR count). The van der Waals surface area contributed by atoms with Crippen LogP contribution in [0, 0.1) is 0 Å². The fourth-order valence-electron chi connectivity index (χ4n) is 1.73. The summed E-state index contributed by atoms with van der Waals surface area (Å²) in [5.74, 6) is -0.0123. The summed E-state index contributed by atoms with van der Waals surface area (Å²) >= 11 is 0. The first-order valence-electron chi connectivity index (χ1n) is 5.83. The minimum absolute atomic E-state index is 0.0123. The number of rotatable bonds is 4. The van der Waals surface area contributed by atoms with E-state index in [2.05, 4.69) is 25.0 Å². The van der Waals surface area contributed by atoms with E-state index in [9.17, 15) is 8.42 Å². The molecule has 21 heavy (non-hydrogen) atoms. The molecule has 0 radical (unpaired) electrons. The molecular weight excluding hydrogens is 294 g/mol. The molecule has 0 atom stereocenters. The Labute approximate surface area is 119 Å². The maximum atomic E-state index is 12.1. The number of hydrogen-bond acceptors (Lipinski definition) is 6. The van der Waals surface area contributed by atoms with E-state index < -0.39 is 10.0 Å². The Hall–Kier alpha value is -2.88. The first kappa shape index (κ1) is 13.1. The average Bonchev–Trinajstić information content (AvgIpc) is 3.10. The molecule has 0 spiro atoms. The molecule has 10 heteroatoms. The van der Waals surface area contributed by atoms with E-state index in [0.29, 0.717) is 5.69 Å². The monoisotopic (exact) mass is 305 g/mol. The van der Waals surface area contributed by atoms with Gasteiger partial charge in [0.05, 0.1) is 11.9 Å². The van der Waals surface area contributed by atoms with Crippen LogP contribution in [0.3, 0.4) is 0 Å². The number of benzene rings is 1. The average molecular weight is 305 g/mol. The zero-order valence-corrected chi connectivity index (χ0v) is 11.4. The van der Waals surface area contributed by atoms with E-state index in [4.69, 9.17) is 5.73 Å². The third-order valence-electron chi connectivity index (χ3n) is 2.72. The topological polar surface area (TPSA) is 132 Å². The third kappa shape index (κ3) is 2.56. The molecule has 2 aromatic heterocycles. The number of nitrogens with zero attached hydrogens (tertiary/aromatic N) is 4. The first-order valence-corrected chi connectivity index (χ1v) is 7.31. The summed E-state index contributed by atoms with van der Waals surface area (Å²) < 4.78 is 28.2. The lowest BCUT2D eigenvalue weighted by Crippen LogP contribution is -2.13. The minimum atomic E-state index is -3.77. The molecule has 108 valence electrons.